The van der Waals surface area contributed by atoms with Crippen LogP contribution in [0.3, 0.4) is 0 Å². The highest BCUT2D eigenvalue weighted by Gasteiger charge is 2.35. The lowest BCUT2D eigenvalue weighted by Crippen LogP contribution is -2.17. The Kier molecular flexibility index (Phi) is 3.86. The van der Waals surface area contributed by atoms with Gasteiger partial charge in [-0.1, -0.05) is 12.1 Å². The van der Waals surface area contributed by atoms with E-state index in [0.717, 1.165) is 18.2 Å². The highest BCUT2D eigenvalue weighted by molar-refractivity contribution is 6.03. The van der Waals surface area contributed by atoms with Crippen LogP contribution in [0.4, 0.5) is 32.0 Å². The maximum absolute atomic E-state index is 12.7. The number of nitrogens with zero attached hydrogens (tertiary/aromatic N) is 1. The summed E-state index contributed by atoms with van der Waals surface area (Å²) in [5.74, 6) is -1.19. The molecule has 0 aliphatic carbocycles. The third-order valence-electron chi connectivity index (χ3n) is 2.60. The van der Waals surface area contributed by atoms with E-state index in [2.05, 4.69) is 5.10 Å². The molecule has 22 heavy (non-hydrogen) atoms. The van der Waals surface area contributed by atoms with Gasteiger partial charge in [0.05, 0.1) is 11.3 Å². The highest BCUT2D eigenvalue weighted by atomic mass is 19.4. The summed E-state index contributed by atoms with van der Waals surface area (Å²) in [4.78, 5) is 11.7. The normalized spacial score (nSPS) is 12.3. The van der Waals surface area contributed by atoms with Gasteiger partial charge in [-0.25, -0.2) is 0 Å². The molecule has 0 radical (unpaired) electrons. The monoisotopic (exact) mass is 323 g/mol. The molecule has 0 spiro atoms. The molecule has 0 unspecified atom stereocenters. The van der Waals surface area contributed by atoms with Crippen molar-refractivity contribution in [2.45, 2.75) is 12.4 Å². The number of rotatable bonds is 2. The van der Waals surface area contributed by atoms with Crippen molar-refractivity contribution in [2.75, 3.05) is 5.32 Å². The molecular weight excluding hydrogens is 316 g/mol. The van der Waals surface area contributed by atoms with Crippen LogP contribution in [0.15, 0.2) is 30.3 Å². The molecule has 1 heterocycles. The van der Waals surface area contributed by atoms with Gasteiger partial charge in [-0.15, -0.1) is 0 Å². The minimum absolute atomic E-state index is 0.408. The Labute approximate surface area is 119 Å². The summed E-state index contributed by atoms with van der Waals surface area (Å²) in [7, 11) is 0. The number of nitrogens with one attached hydrogen (secondary N) is 2. The summed E-state index contributed by atoms with van der Waals surface area (Å²) >= 11 is 0. The minimum atomic E-state index is -4.74. The van der Waals surface area contributed by atoms with Crippen LogP contribution in [0.1, 0.15) is 21.7 Å². The summed E-state index contributed by atoms with van der Waals surface area (Å²) in [6, 6.07) is 4.50. The van der Waals surface area contributed by atoms with E-state index >= 15 is 0 Å². The van der Waals surface area contributed by atoms with Crippen LogP contribution in [0.2, 0.25) is 0 Å². The standard InChI is InChI=1S/C12H7F6N3O/c13-11(14,15)6-3-1-2-4-7(6)19-10(22)8-5-9(21-20-8)12(16,17)18/h1-5H,(H,19,22)(H,20,21). The Morgan fingerprint density at radius 3 is 2.23 bits per heavy atom. The maximum atomic E-state index is 12.7. The largest absolute Gasteiger partial charge is 0.432 e. The molecular formula is C12H7F6N3O. The molecule has 0 fully saturated rings. The van der Waals surface area contributed by atoms with Crippen LogP contribution in [0, 0.1) is 0 Å². The number of alkyl halides is 6. The smallest absolute Gasteiger partial charge is 0.320 e. The zero-order valence-electron chi connectivity index (χ0n) is 10.5. The van der Waals surface area contributed by atoms with E-state index in [4.69, 9.17) is 0 Å². The number of aromatic nitrogens is 2. The fourth-order valence-corrected chi connectivity index (χ4v) is 1.61. The molecule has 0 aliphatic heterocycles. The first-order valence-electron chi connectivity index (χ1n) is 5.69. The van der Waals surface area contributed by atoms with E-state index < -0.39 is 40.9 Å². The predicted octanol–water partition coefficient (Wildman–Crippen LogP) is 3.70. The van der Waals surface area contributed by atoms with Crippen molar-refractivity contribution < 1.29 is 31.1 Å². The number of halogens is 6. The van der Waals surface area contributed by atoms with E-state index in [-0.39, 0.29) is 0 Å². The Morgan fingerprint density at radius 1 is 1.05 bits per heavy atom. The first kappa shape index (κ1) is 15.9. The van der Waals surface area contributed by atoms with E-state index in [1.807, 2.05) is 5.32 Å². The third kappa shape index (κ3) is 3.38. The van der Waals surface area contributed by atoms with Gasteiger partial charge < -0.3 is 5.32 Å². The lowest BCUT2D eigenvalue weighted by molar-refractivity contribution is -0.141. The molecule has 118 valence electrons. The molecule has 1 aromatic heterocycles. The van der Waals surface area contributed by atoms with Crippen molar-refractivity contribution in [1.29, 1.82) is 0 Å². The lowest BCUT2D eigenvalue weighted by atomic mass is 10.1. The molecule has 2 rings (SSSR count). The molecule has 0 saturated carbocycles. The van der Waals surface area contributed by atoms with Crippen molar-refractivity contribution >= 4 is 11.6 Å². The van der Waals surface area contributed by atoms with Crippen molar-refractivity contribution in [1.82, 2.24) is 10.2 Å². The van der Waals surface area contributed by atoms with Crippen LogP contribution in [0.5, 0.6) is 0 Å². The molecule has 0 saturated heterocycles. The quantitative estimate of drug-likeness (QED) is 0.828. The van der Waals surface area contributed by atoms with Gasteiger partial charge in [0.25, 0.3) is 5.91 Å². The van der Waals surface area contributed by atoms with Crippen molar-refractivity contribution in [3.63, 3.8) is 0 Å². The fraction of sp³-hybridized carbons (Fsp3) is 0.167. The summed E-state index contributed by atoms with van der Waals surface area (Å²) < 4.78 is 75.3. The molecule has 0 aliphatic rings. The Balaban J connectivity index is 2.25. The summed E-state index contributed by atoms with van der Waals surface area (Å²) in [6.07, 6.45) is -9.46. The number of para-hydroxylation sites is 1. The van der Waals surface area contributed by atoms with Crippen LogP contribution in [-0.4, -0.2) is 16.1 Å². The van der Waals surface area contributed by atoms with Crippen LogP contribution >= 0.6 is 0 Å². The van der Waals surface area contributed by atoms with Gasteiger partial charge in [-0.3, -0.25) is 9.89 Å². The minimum Gasteiger partial charge on any atom is -0.320 e. The number of amides is 1. The maximum Gasteiger partial charge on any atom is 0.432 e. The van der Waals surface area contributed by atoms with Gasteiger partial charge in [-0.05, 0) is 12.1 Å². The second-order valence-corrected chi connectivity index (χ2v) is 4.16. The van der Waals surface area contributed by atoms with Gasteiger partial charge >= 0.3 is 12.4 Å². The van der Waals surface area contributed by atoms with Crippen molar-refractivity contribution in [2.24, 2.45) is 0 Å². The molecule has 2 N–H and O–H groups in total. The number of hydrogen-bond donors (Lipinski definition) is 2. The average molecular weight is 323 g/mol. The zero-order chi connectivity index (χ0) is 16.5. The summed E-state index contributed by atoms with van der Waals surface area (Å²) in [5.41, 5.74) is -3.64. The Hall–Kier alpha value is -2.52. The Morgan fingerprint density at radius 2 is 1.68 bits per heavy atom. The third-order valence-corrected chi connectivity index (χ3v) is 2.60. The van der Waals surface area contributed by atoms with Crippen LogP contribution in [-0.2, 0) is 12.4 Å². The topological polar surface area (TPSA) is 57.8 Å². The molecule has 4 nitrogen and oxygen atoms in total. The molecule has 1 amide bonds. The van der Waals surface area contributed by atoms with Gasteiger partial charge in [-0.2, -0.15) is 31.4 Å². The average Bonchev–Trinajstić information content (AvgIpc) is 2.87. The van der Waals surface area contributed by atoms with Gasteiger partial charge in [0.1, 0.15) is 5.69 Å². The number of aromatic amines is 1. The summed E-state index contributed by atoms with van der Waals surface area (Å²) in [5, 5.41) is 6.62. The Bertz CT molecular complexity index is 689. The molecule has 1 aromatic carbocycles. The van der Waals surface area contributed by atoms with Gasteiger partial charge in [0, 0.05) is 6.07 Å². The predicted molar refractivity (Wildman–Crippen MR) is 63.0 cm³/mol. The zero-order valence-corrected chi connectivity index (χ0v) is 10.5. The summed E-state index contributed by atoms with van der Waals surface area (Å²) in [6.45, 7) is 0. The molecule has 0 bridgehead atoms. The molecule has 0 atom stereocenters. The highest BCUT2D eigenvalue weighted by Crippen LogP contribution is 2.34. The van der Waals surface area contributed by atoms with Crippen molar-refractivity contribution in [3.8, 4) is 0 Å². The van der Waals surface area contributed by atoms with E-state index in [1.54, 1.807) is 5.10 Å². The van der Waals surface area contributed by atoms with Crippen LogP contribution < -0.4 is 5.32 Å². The molecule has 10 heteroatoms. The molecule has 2 aromatic rings. The van der Waals surface area contributed by atoms with Gasteiger partial charge in [0.15, 0.2) is 5.69 Å². The van der Waals surface area contributed by atoms with Gasteiger partial charge in [0.2, 0.25) is 0 Å². The second kappa shape index (κ2) is 5.35. The van der Waals surface area contributed by atoms with Crippen molar-refractivity contribution in [3.05, 3.63) is 47.3 Å². The second-order valence-electron chi connectivity index (χ2n) is 4.16. The lowest BCUT2D eigenvalue weighted by Gasteiger charge is -2.12. The fourth-order valence-electron chi connectivity index (χ4n) is 1.61. The van der Waals surface area contributed by atoms with E-state index in [1.165, 1.54) is 6.07 Å². The first-order valence-corrected chi connectivity index (χ1v) is 5.69. The van der Waals surface area contributed by atoms with E-state index in [9.17, 15) is 31.1 Å². The van der Waals surface area contributed by atoms with Crippen LogP contribution in [0.25, 0.3) is 0 Å². The first-order chi connectivity index (χ1) is 10.1. The number of H-pyrrole nitrogens is 1. The number of benzene rings is 1. The SMILES string of the molecule is O=C(Nc1ccccc1C(F)(F)F)c1cc(C(F)(F)F)[nH]n1. The van der Waals surface area contributed by atoms with E-state index in [0.29, 0.717) is 6.07 Å². The number of anilines is 1. The number of carbonyl (C=O) groups excluding carboxylic acids is 1. The number of hydrogen-bond acceptors (Lipinski definition) is 2. The number of carbonyl (C=O) groups is 1.